The van der Waals surface area contributed by atoms with Crippen molar-refractivity contribution in [2.75, 3.05) is 0 Å². The number of nitrogens with zero attached hydrogens (tertiary/aromatic N) is 1. The maximum atomic E-state index is 10.9. The number of hydrogen-bond acceptors (Lipinski definition) is 2. The van der Waals surface area contributed by atoms with E-state index in [4.69, 9.17) is 10.4 Å². The van der Waals surface area contributed by atoms with E-state index in [9.17, 15) is 4.79 Å². The SMILES string of the molecule is N#Cc1ccc(C(=O)O)c2ccccc12.[Br-].[Br-].[Cu+2]. The molecular weight excluding hydrogens is 413 g/mol. The molecule has 0 atom stereocenters. The van der Waals surface area contributed by atoms with Crippen LogP contribution in [-0.2, 0) is 17.1 Å². The summed E-state index contributed by atoms with van der Waals surface area (Å²) >= 11 is 0. The zero-order chi connectivity index (χ0) is 10.8. The molecule has 2 aromatic rings. The van der Waals surface area contributed by atoms with Gasteiger partial charge in [0, 0.05) is 5.39 Å². The number of benzene rings is 2. The molecular formula is C12H7Br2CuNO2. The Morgan fingerprint density at radius 3 is 2.11 bits per heavy atom. The summed E-state index contributed by atoms with van der Waals surface area (Å²) in [6.07, 6.45) is 0. The summed E-state index contributed by atoms with van der Waals surface area (Å²) in [7, 11) is 0. The van der Waals surface area contributed by atoms with E-state index in [0.29, 0.717) is 16.3 Å². The van der Waals surface area contributed by atoms with Gasteiger partial charge >= 0.3 is 23.0 Å². The van der Waals surface area contributed by atoms with Crippen LogP contribution in [0.5, 0.6) is 0 Å². The molecule has 0 spiro atoms. The van der Waals surface area contributed by atoms with Crippen LogP contribution in [0.1, 0.15) is 15.9 Å². The first-order valence-corrected chi connectivity index (χ1v) is 4.39. The fourth-order valence-corrected chi connectivity index (χ4v) is 1.58. The largest absolute Gasteiger partial charge is 2.00 e. The summed E-state index contributed by atoms with van der Waals surface area (Å²) in [4.78, 5) is 10.9. The number of nitriles is 1. The van der Waals surface area contributed by atoms with Crippen LogP contribution in [0.3, 0.4) is 0 Å². The molecule has 0 aliphatic carbocycles. The molecule has 0 aliphatic heterocycles. The second-order valence-corrected chi connectivity index (χ2v) is 3.12. The fourth-order valence-electron chi connectivity index (χ4n) is 1.58. The Labute approximate surface area is 136 Å². The average molecular weight is 421 g/mol. The molecule has 1 N–H and O–H groups in total. The Morgan fingerprint density at radius 2 is 1.61 bits per heavy atom. The monoisotopic (exact) mass is 418 g/mol. The number of halogens is 2. The quantitative estimate of drug-likeness (QED) is 0.486. The maximum absolute atomic E-state index is 10.9. The van der Waals surface area contributed by atoms with Gasteiger partial charge < -0.3 is 39.1 Å². The van der Waals surface area contributed by atoms with E-state index in [1.165, 1.54) is 12.1 Å². The van der Waals surface area contributed by atoms with Crippen molar-refractivity contribution in [2.24, 2.45) is 0 Å². The van der Waals surface area contributed by atoms with Crippen molar-refractivity contribution < 1.29 is 60.9 Å². The Balaban J connectivity index is 0. The van der Waals surface area contributed by atoms with E-state index in [-0.39, 0.29) is 56.6 Å². The minimum atomic E-state index is -0.976. The van der Waals surface area contributed by atoms with Crippen molar-refractivity contribution in [3.8, 4) is 6.07 Å². The molecule has 6 heteroatoms. The third-order valence-corrected chi connectivity index (χ3v) is 2.27. The molecule has 3 nitrogen and oxygen atoms in total. The van der Waals surface area contributed by atoms with E-state index in [1.807, 2.05) is 6.07 Å². The van der Waals surface area contributed by atoms with Crippen molar-refractivity contribution in [1.82, 2.24) is 0 Å². The van der Waals surface area contributed by atoms with Gasteiger partial charge in [0.05, 0.1) is 17.2 Å². The molecule has 0 unspecified atom stereocenters. The molecule has 97 valence electrons. The van der Waals surface area contributed by atoms with Crippen LogP contribution in [0, 0.1) is 11.3 Å². The summed E-state index contributed by atoms with van der Waals surface area (Å²) in [6.45, 7) is 0. The van der Waals surface area contributed by atoms with Crippen LogP contribution in [0.15, 0.2) is 36.4 Å². The third-order valence-electron chi connectivity index (χ3n) is 2.27. The summed E-state index contributed by atoms with van der Waals surface area (Å²) in [5.74, 6) is -0.976. The van der Waals surface area contributed by atoms with Crippen LogP contribution in [-0.4, -0.2) is 11.1 Å². The second-order valence-electron chi connectivity index (χ2n) is 3.12. The predicted octanol–water partition coefficient (Wildman–Crippen LogP) is -3.58. The summed E-state index contributed by atoms with van der Waals surface area (Å²) in [5, 5.41) is 19.1. The van der Waals surface area contributed by atoms with E-state index in [2.05, 4.69) is 0 Å². The van der Waals surface area contributed by atoms with Crippen molar-refractivity contribution in [2.45, 2.75) is 0 Å². The molecule has 0 saturated carbocycles. The second kappa shape index (κ2) is 8.28. The number of carboxylic acids is 1. The van der Waals surface area contributed by atoms with Crippen molar-refractivity contribution >= 4 is 16.7 Å². The Bertz CT molecular complexity index is 596. The van der Waals surface area contributed by atoms with Crippen molar-refractivity contribution in [3.05, 3.63) is 47.5 Å². The van der Waals surface area contributed by atoms with Gasteiger partial charge in [-0.25, -0.2) is 4.79 Å². The number of aromatic carboxylic acids is 1. The molecule has 0 heterocycles. The number of carbonyl (C=O) groups is 1. The minimum absolute atomic E-state index is 0. The topological polar surface area (TPSA) is 61.1 Å². The number of rotatable bonds is 1. The van der Waals surface area contributed by atoms with Gasteiger partial charge in [-0.1, -0.05) is 24.3 Å². The van der Waals surface area contributed by atoms with Gasteiger partial charge in [-0.2, -0.15) is 5.26 Å². The first-order valence-electron chi connectivity index (χ1n) is 4.39. The smallest absolute Gasteiger partial charge is 1.00 e. The van der Waals surface area contributed by atoms with Gasteiger partial charge in [0.25, 0.3) is 0 Å². The van der Waals surface area contributed by atoms with Gasteiger partial charge in [0.2, 0.25) is 0 Å². The zero-order valence-corrected chi connectivity index (χ0v) is 12.9. The van der Waals surface area contributed by atoms with Gasteiger partial charge in [0.1, 0.15) is 0 Å². The summed E-state index contributed by atoms with van der Waals surface area (Å²) < 4.78 is 0. The fraction of sp³-hybridized carbons (Fsp3) is 0. The van der Waals surface area contributed by atoms with Crippen molar-refractivity contribution in [1.29, 1.82) is 5.26 Å². The molecule has 2 aromatic carbocycles. The molecule has 1 radical (unpaired) electrons. The van der Waals surface area contributed by atoms with Gasteiger partial charge in [-0.05, 0) is 17.5 Å². The predicted molar refractivity (Wildman–Crippen MR) is 55.6 cm³/mol. The van der Waals surface area contributed by atoms with Gasteiger partial charge in [-0.3, -0.25) is 0 Å². The zero-order valence-electron chi connectivity index (χ0n) is 8.82. The molecule has 0 bridgehead atoms. The Kier molecular flexibility index (Phi) is 8.96. The first kappa shape index (κ1) is 19.5. The number of hydrogen-bond donors (Lipinski definition) is 1. The van der Waals surface area contributed by atoms with Gasteiger partial charge in [-0.15, -0.1) is 0 Å². The molecule has 0 aliphatic rings. The first-order chi connectivity index (χ1) is 7.24. The van der Waals surface area contributed by atoms with Crippen LogP contribution < -0.4 is 34.0 Å². The summed E-state index contributed by atoms with van der Waals surface area (Å²) in [5.41, 5.74) is 0.722. The normalized spacial score (nSPS) is 8.17. The Hall–Kier alpha value is -0.861. The van der Waals surface area contributed by atoms with Crippen LogP contribution in [0.25, 0.3) is 10.8 Å². The van der Waals surface area contributed by atoms with Crippen molar-refractivity contribution in [3.63, 3.8) is 0 Å². The molecule has 0 saturated heterocycles. The van der Waals surface area contributed by atoms with Gasteiger partial charge in [0.15, 0.2) is 0 Å². The summed E-state index contributed by atoms with van der Waals surface area (Å²) in [6, 6.07) is 12.0. The van der Waals surface area contributed by atoms with Crippen LogP contribution in [0.2, 0.25) is 0 Å². The van der Waals surface area contributed by atoms with E-state index < -0.39 is 5.97 Å². The molecule has 0 amide bonds. The maximum Gasteiger partial charge on any atom is 2.00 e. The Morgan fingerprint density at radius 1 is 1.06 bits per heavy atom. The average Bonchev–Trinajstić information content (AvgIpc) is 2.27. The van der Waals surface area contributed by atoms with E-state index >= 15 is 0 Å². The van der Waals surface area contributed by atoms with Crippen LogP contribution >= 0.6 is 0 Å². The molecule has 2 rings (SSSR count). The molecule has 0 aromatic heterocycles. The molecule has 0 fully saturated rings. The standard InChI is InChI=1S/C12H7NO2.2BrH.Cu/c13-7-8-5-6-11(12(14)15)10-4-2-1-3-9(8)10;;;/h1-6H,(H,14,15);2*1H;/q;;;+2/p-2. The van der Waals surface area contributed by atoms with E-state index in [0.717, 1.165) is 0 Å². The number of fused-ring (bicyclic) bond motifs is 1. The number of carboxylic acid groups (broad SMARTS) is 1. The van der Waals surface area contributed by atoms with E-state index in [1.54, 1.807) is 24.3 Å². The minimum Gasteiger partial charge on any atom is -1.00 e. The third kappa shape index (κ3) is 3.56. The van der Waals surface area contributed by atoms with Crippen LogP contribution in [0.4, 0.5) is 0 Å². The molecule has 18 heavy (non-hydrogen) atoms.